The summed E-state index contributed by atoms with van der Waals surface area (Å²) in [4.78, 5) is 1.33. The molecule has 0 saturated heterocycles. The van der Waals surface area contributed by atoms with Gasteiger partial charge >= 0.3 is 0 Å². The summed E-state index contributed by atoms with van der Waals surface area (Å²) >= 11 is 2.02. The first-order valence-electron chi connectivity index (χ1n) is 7.80. The lowest BCUT2D eigenvalue weighted by Crippen LogP contribution is -2.42. The van der Waals surface area contributed by atoms with Gasteiger partial charge in [0.25, 0.3) is 0 Å². The molecule has 1 aliphatic carbocycles. The maximum atomic E-state index is 5.33. The van der Waals surface area contributed by atoms with E-state index in [-0.39, 0.29) is 0 Å². The number of hydrogen-bond acceptors (Lipinski definition) is 3. The quantitative estimate of drug-likeness (QED) is 0.843. The normalized spacial score (nSPS) is 26.4. The number of thioether (sulfide) groups is 1. The van der Waals surface area contributed by atoms with Crippen molar-refractivity contribution in [2.75, 3.05) is 13.7 Å². The van der Waals surface area contributed by atoms with Crippen molar-refractivity contribution in [2.24, 2.45) is 5.92 Å². The lowest BCUT2D eigenvalue weighted by Gasteiger charge is -2.36. The summed E-state index contributed by atoms with van der Waals surface area (Å²) in [5.41, 5.74) is 0. The van der Waals surface area contributed by atoms with Crippen LogP contribution in [-0.4, -0.2) is 24.9 Å². The molecule has 0 spiro atoms. The van der Waals surface area contributed by atoms with Gasteiger partial charge in [0.1, 0.15) is 5.75 Å². The zero-order valence-corrected chi connectivity index (χ0v) is 13.7. The van der Waals surface area contributed by atoms with Crippen LogP contribution in [-0.2, 0) is 0 Å². The largest absolute Gasteiger partial charge is 0.497 e. The molecule has 112 valence electrons. The van der Waals surface area contributed by atoms with E-state index in [0.29, 0.717) is 11.3 Å². The third-order valence-electron chi connectivity index (χ3n) is 4.27. The van der Waals surface area contributed by atoms with E-state index in [4.69, 9.17) is 4.74 Å². The molecule has 1 N–H and O–H groups in total. The Hall–Kier alpha value is -0.670. The molecule has 3 unspecified atom stereocenters. The van der Waals surface area contributed by atoms with Gasteiger partial charge in [-0.3, -0.25) is 0 Å². The molecule has 0 radical (unpaired) electrons. The lowest BCUT2D eigenvalue weighted by molar-refractivity contribution is 0.298. The summed E-state index contributed by atoms with van der Waals surface area (Å²) < 4.78 is 5.33. The Morgan fingerprint density at radius 2 is 2.15 bits per heavy atom. The molecular formula is C17H27NOS. The van der Waals surface area contributed by atoms with Gasteiger partial charge < -0.3 is 10.1 Å². The van der Waals surface area contributed by atoms with E-state index in [0.717, 1.165) is 18.2 Å². The van der Waals surface area contributed by atoms with Gasteiger partial charge in [0, 0.05) is 16.2 Å². The topological polar surface area (TPSA) is 21.3 Å². The van der Waals surface area contributed by atoms with Crippen molar-refractivity contribution in [3.05, 3.63) is 24.3 Å². The Labute approximate surface area is 127 Å². The molecule has 20 heavy (non-hydrogen) atoms. The Kier molecular flexibility index (Phi) is 6.24. The second kappa shape index (κ2) is 7.94. The van der Waals surface area contributed by atoms with Gasteiger partial charge in [-0.25, -0.2) is 0 Å². The highest BCUT2D eigenvalue weighted by molar-refractivity contribution is 8.00. The second-order valence-electron chi connectivity index (χ2n) is 5.59. The number of nitrogens with one attached hydrogen (secondary N) is 1. The zero-order valence-electron chi connectivity index (χ0n) is 12.9. The van der Waals surface area contributed by atoms with E-state index >= 15 is 0 Å². The molecule has 1 saturated carbocycles. The van der Waals surface area contributed by atoms with E-state index in [9.17, 15) is 0 Å². The lowest BCUT2D eigenvalue weighted by atomic mass is 9.84. The van der Waals surface area contributed by atoms with Crippen LogP contribution in [0.5, 0.6) is 5.75 Å². The summed E-state index contributed by atoms with van der Waals surface area (Å²) in [6, 6.07) is 9.11. The molecule has 3 heteroatoms. The smallest absolute Gasteiger partial charge is 0.119 e. The highest BCUT2D eigenvalue weighted by atomic mass is 32.2. The Morgan fingerprint density at radius 3 is 2.85 bits per heavy atom. The average molecular weight is 293 g/mol. The molecule has 2 rings (SSSR count). The molecule has 0 aromatic heterocycles. The van der Waals surface area contributed by atoms with Crippen molar-refractivity contribution in [3.8, 4) is 5.75 Å². The predicted molar refractivity (Wildman–Crippen MR) is 87.7 cm³/mol. The van der Waals surface area contributed by atoms with Crippen molar-refractivity contribution < 1.29 is 4.74 Å². The van der Waals surface area contributed by atoms with Crippen LogP contribution in [0.4, 0.5) is 0 Å². The van der Waals surface area contributed by atoms with Gasteiger partial charge in [0.15, 0.2) is 0 Å². The van der Waals surface area contributed by atoms with Crippen LogP contribution in [0.15, 0.2) is 29.2 Å². The SMILES string of the molecule is CCNC1CCC(CC)CC1Sc1cccc(OC)c1. The highest BCUT2D eigenvalue weighted by Crippen LogP contribution is 2.38. The molecule has 3 atom stereocenters. The molecule has 1 fully saturated rings. The highest BCUT2D eigenvalue weighted by Gasteiger charge is 2.29. The minimum Gasteiger partial charge on any atom is -0.497 e. The van der Waals surface area contributed by atoms with Gasteiger partial charge in [-0.15, -0.1) is 11.8 Å². The van der Waals surface area contributed by atoms with Crippen molar-refractivity contribution in [1.82, 2.24) is 5.32 Å². The zero-order chi connectivity index (χ0) is 14.4. The van der Waals surface area contributed by atoms with E-state index in [2.05, 4.69) is 37.4 Å². The third-order valence-corrected chi connectivity index (χ3v) is 5.62. The fourth-order valence-corrected chi connectivity index (χ4v) is 4.51. The molecule has 0 heterocycles. The fraction of sp³-hybridized carbons (Fsp3) is 0.647. The van der Waals surface area contributed by atoms with Gasteiger partial charge in [-0.1, -0.05) is 26.3 Å². The van der Waals surface area contributed by atoms with E-state index in [1.165, 1.54) is 30.6 Å². The summed E-state index contributed by atoms with van der Waals surface area (Å²) in [5.74, 6) is 1.85. The second-order valence-corrected chi connectivity index (χ2v) is 6.90. The number of methoxy groups -OCH3 is 1. The molecule has 0 amide bonds. The maximum Gasteiger partial charge on any atom is 0.119 e. The van der Waals surface area contributed by atoms with Gasteiger partial charge in [-0.2, -0.15) is 0 Å². The molecule has 1 aromatic carbocycles. The van der Waals surface area contributed by atoms with Crippen molar-refractivity contribution in [2.45, 2.75) is 55.7 Å². The molecule has 1 aromatic rings. The Morgan fingerprint density at radius 1 is 1.30 bits per heavy atom. The monoisotopic (exact) mass is 293 g/mol. The number of rotatable bonds is 6. The standard InChI is InChI=1S/C17H27NOS/c1-4-13-9-10-16(18-5-2)17(11-13)20-15-8-6-7-14(12-15)19-3/h6-8,12-13,16-18H,4-5,9-11H2,1-3H3. The van der Waals surface area contributed by atoms with E-state index < -0.39 is 0 Å². The van der Waals surface area contributed by atoms with E-state index in [1.807, 2.05) is 17.8 Å². The fourth-order valence-electron chi connectivity index (χ4n) is 3.06. The number of hydrogen-bond donors (Lipinski definition) is 1. The minimum absolute atomic E-state index is 0.652. The first-order chi connectivity index (χ1) is 9.76. The average Bonchev–Trinajstić information content (AvgIpc) is 2.49. The summed E-state index contributed by atoms with van der Waals surface area (Å²) in [5, 5.41) is 4.36. The predicted octanol–water partition coefficient (Wildman–Crippen LogP) is 4.34. The van der Waals surface area contributed by atoms with Crippen molar-refractivity contribution in [1.29, 1.82) is 0 Å². The molecule has 0 bridgehead atoms. The Bertz CT molecular complexity index is 410. The van der Waals surface area contributed by atoms with Gasteiger partial charge in [0.2, 0.25) is 0 Å². The van der Waals surface area contributed by atoms with Gasteiger partial charge in [0.05, 0.1) is 7.11 Å². The van der Waals surface area contributed by atoms with Crippen LogP contribution in [0.1, 0.15) is 39.5 Å². The van der Waals surface area contributed by atoms with Crippen LogP contribution < -0.4 is 10.1 Å². The Balaban J connectivity index is 2.05. The summed E-state index contributed by atoms with van der Waals surface area (Å²) in [6.07, 6.45) is 5.33. The van der Waals surface area contributed by atoms with Crippen LogP contribution in [0.25, 0.3) is 0 Å². The number of ether oxygens (including phenoxy) is 1. The van der Waals surface area contributed by atoms with Crippen molar-refractivity contribution in [3.63, 3.8) is 0 Å². The minimum atomic E-state index is 0.652. The molecule has 0 aliphatic heterocycles. The van der Waals surface area contributed by atoms with Gasteiger partial charge in [-0.05, 0) is 49.9 Å². The van der Waals surface area contributed by atoms with E-state index in [1.54, 1.807) is 7.11 Å². The molecular weight excluding hydrogens is 266 g/mol. The van der Waals surface area contributed by atoms with Crippen molar-refractivity contribution >= 4 is 11.8 Å². The summed E-state index contributed by atoms with van der Waals surface area (Å²) in [7, 11) is 1.74. The maximum absolute atomic E-state index is 5.33. The third kappa shape index (κ3) is 4.16. The first-order valence-corrected chi connectivity index (χ1v) is 8.68. The molecule has 2 nitrogen and oxygen atoms in total. The van der Waals surface area contributed by atoms with Crippen LogP contribution in [0.2, 0.25) is 0 Å². The summed E-state index contributed by atoms with van der Waals surface area (Å²) in [6.45, 7) is 5.60. The van der Waals surface area contributed by atoms with Crippen LogP contribution >= 0.6 is 11.8 Å². The first kappa shape index (κ1) is 15.7. The van der Waals surface area contributed by atoms with Crippen LogP contribution in [0.3, 0.4) is 0 Å². The van der Waals surface area contributed by atoms with Crippen LogP contribution in [0, 0.1) is 5.92 Å². The molecule has 1 aliphatic rings. The number of benzene rings is 1.